The monoisotopic (exact) mass is 264 g/mol. The minimum atomic E-state index is -0.806. The van der Waals surface area contributed by atoms with Gasteiger partial charge in [-0.15, -0.1) is 0 Å². The van der Waals surface area contributed by atoms with E-state index in [0.717, 1.165) is 11.3 Å². The highest BCUT2D eigenvalue weighted by Crippen LogP contribution is 2.13. The predicted molar refractivity (Wildman–Crippen MR) is 73.9 cm³/mol. The first kappa shape index (κ1) is 15.2. The first-order valence-corrected chi connectivity index (χ1v) is 6.23. The molecule has 0 saturated carbocycles. The average molecular weight is 264 g/mol. The van der Waals surface area contributed by atoms with Crippen molar-refractivity contribution >= 4 is 17.6 Å². The quantitative estimate of drug-likeness (QED) is 0.823. The number of carbonyl (C=O) groups is 2. The molecule has 0 heterocycles. The fraction of sp³-hybridized carbons (Fsp3) is 0.429. The van der Waals surface area contributed by atoms with Gasteiger partial charge in [0.25, 0.3) is 0 Å². The van der Waals surface area contributed by atoms with E-state index in [2.05, 4.69) is 5.32 Å². The summed E-state index contributed by atoms with van der Waals surface area (Å²) in [6.45, 7) is 3.88. The maximum atomic E-state index is 11.0. The Kier molecular flexibility index (Phi) is 5.51. The van der Waals surface area contributed by atoms with Crippen LogP contribution in [0.3, 0.4) is 0 Å². The van der Waals surface area contributed by atoms with Crippen LogP contribution < -0.4 is 5.32 Å². The number of carboxylic acids is 1. The normalized spacial score (nSPS) is 12.2. The van der Waals surface area contributed by atoms with Crippen LogP contribution in [0, 0.1) is 0 Å². The minimum absolute atomic E-state index is 0.109. The molecule has 1 aromatic carbocycles. The summed E-state index contributed by atoms with van der Waals surface area (Å²) in [5.74, 6) is -0.915. The van der Waals surface area contributed by atoms with Crippen LogP contribution in [0.5, 0.6) is 0 Å². The standard InChI is InChI=1S/C14H20N2O3/c1-4-13(14(18)19)16(3)9-11-5-7-12(8-6-11)15-10(2)17/h5-8,13H,4,9H2,1-3H3,(H,15,17)(H,18,19). The van der Waals surface area contributed by atoms with Gasteiger partial charge in [0.15, 0.2) is 0 Å². The third kappa shape index (κ3) is 4.71. The number of anilines is 1. The van der Waals surface area contributed by atoms with Crippen LogP contribution in [0.15, 0.2) is 24.3 Å². The Morgan fingerprint density at radius 3 is 2.32 bits per heavy atom. The predicted octanol–water partition coefficient (Wildman–Crippen LogP) is 1.94. The zero-order valence-electron chi connectivity index (χ0n) is 11.5. The maximum Gasteiger partial charge on any atom is 0.320 e. The molecule has 0 spiro atoms. The smallest absolute Gasteiger partial charge is 0.320 e. The second-order valence-electron chi connectivity index (χ2n) is 4.56. The van der Waals surface area contributed by atoms with Gasteiger partial charge in [0.05, 0.1) is 0 Å². The molecule has 0 aromatic heterocycles. The fourth-order valence-corrected chi connectivity index (χ4v) is 1.97. The van der Waals surface area contributed by atoms with Crippen LogP contribution in [-0.2, 0) is 16.1 Å². The van der Waals surface area contributed by atoms with Gasteiger partial charge in [0.1, 0.15) is 6.04 Å². The fourth-order valence-electron chi connectivity index (χ4n) is 1.97. The zero-order chi connectivity index (χ0) is 14.4. The zero-order valence-corrected chi connectivity index (χ0v) is 11.5. The van der Waals surface area contributed by atoms with Gasteiger partial charge in [0, 0.05) is 19.2 Å². The van der Waals surface area contributed by atoms with Crippen LogP contribution >= 0.6 is 0 Å². The molecule has 2 N–H and O–H groups in total. The molecule has 0 saturated heterocycles. The van der Waals surface area contributed by atoms with E-state index in [1.165, 1.54) is 6.92 Å². The lowest BCUT2D eigenvalue weighted by atomic mass is 10.1. The molecule has 1 amide bonds. The SMILES string of the molecule is CCC(C(=O)O)N(C)Cc1ccc(NC(C)=O)cc1. The molecular formula is C14H20N2O3. The Balaban J connectivity index is 2.66. The molecule has 0 bridgehead atoms. The highest BCUT2D eigenvalue weighted by atomic mass is 16.4. The van der Waals surface area contributed by atoms with E-state index >= 15 is 0 Å². The van der Waals surface area contributed by atoms with E-state index < -0.39 is 12.0 Å². The first-order valence-electron chi connectivity index (χ1n) is 6.23. The lowest BCUT2D eigenvalue weighted by Gasteiger charge is -2.23. The molecule has 5 nitrogen and oxygen atoms in total. The number of hydrogen-bond donors (Lipinski definition) is 2. The molecule has 1 unspecified atom stereocenters. The van der Waals surface area contributed by atoms with Crippen molar-refractivity contribution in [3.05, 3.63) is 29.8 Å². The number of amides is 1. The Morgan fingerprint density at radius 1 is 1.32 bits per heavy atom. The second-order valence-corrected chi connectivity index (χ2v) is 4.56. The Labute approximate surface area is 113 Å². The van der Waals surface area contributed by atoms with Crippen LogP contribution in [0.4, 0.5) is 5.69 Å². The van der Waals surface area contributed by atoms with Crippen molar-refractivity contribution in [2.75, 3.05) is 12.4 Å². The van der Waals surface area contributed by atoms with Gasteiger partial charge in [-0.05, 0) is 31.2 Å². The number of nitrogens with one attached hydrogen (secondary N) is 1. The Morgan fingerprint density at radius 2 is 1.89 bits per heavy atom. The van der Waals surface area contributed by atoms with E-state index in [0.29, 0.717) is 13.0 Å². The number of carbonyl (C=O) groups excluding carboxylic acids is 1. The summed E-state index contributed by atoms with van der Waals surface area (Å²) in [6.07, 6.45) is 0.565. The molecule has 1 rings (SSSR count). The van der Waals surface area contributed by atoms with Crippen molar-refractivity contribution in [2.24, 2.45) is 0 Å². The summed E-state index contributed by atoms with van der Waals surface area (Å²) >= 11 is 0. The van der Waals surface area contributed by atoms with Gasteiger partial charge >= 0.3 is 5.97 Å². The second kappa shape index (κ2) is 6.89. The number of aliphatic carboxylic acids is 1. The molecule has 1 aromatic rings. The number of likely N-dealkylation sites (N-methyl/N-ethyl adjacent to an activating group) is 1. The van der Waals surface area contributed by atoms with E-state index in [1.807, 2.05) is 31.2 Å². The third-order valence-electron chi connectivity index (χ3n) is 2.91. The summed E-state index contributed by atoms with van der Waals surface area (Å²) in [5, 5.41) is 11.8. The van der Waals surface area contributed by atoms with Gasteiger partial charge in [0.2, 0.25) is 5.91 Å². The summed E-state index contributed by atoms with van der Waals surface area (Å²) in [6, 6.07) is 6.92. The Hall–Kier alpha value is -1.88. The summed E-state index contributed by atoms with van der Waals surface area (Å²) in [7, 11) is 1.80. The average Bonchev–Trinajstić information content (AvgIpc) is 2.31. The largest absolute Gasteiger partial charge is 0.480 e. The van der Waals surface area contributed by atoms with E-state index in [4.69, 9.17) is 5.11 Å². The molecule has 0 aliphatic rings. The van der Waals surface area contributed by atoms with Crippen molar-refractivity contribution in [1.82, 2.24) is 4.90 Å². The van der Waals surface area contributed by atoms with Gasteiger partial charge in [-0.25, -0.2) is 0 Å². The highest BCUT2D eigenvalue weighted by molar-refractivity contribution is 5.88. The lowest BCUT2D eigenvalue weighted by molar-refractivity contribution is -0.143. The summed E-state index contributed by atoms with van der Waals surface area (Å²) in [4.78, 5) is 23.7. The Bertz CT molecular complexity index is 443. The number of hydrogen-bond acceptors (Lipinski definition) is 3. The third-order valence-corrected chi connectivity index (χ3v) is 2.91. The maximum absolute atomic E-state index is 11.0. The van der Waals surface area contributed by atoms with E-state index in [1.54, 1.807) is 11.9 Å². The topological polar surface area (TPSA) is 69.6 Å². The minimum Gasteiger partial charge on any atom is -0.480 e. The van der Waals surface area contributed by atoms with Gasteiger partial charge < -0.3 is 10.4 Å². The number of nitrogens with zero attached hydrogens (tertiary/aromatic N) is 1. The first-order chi connectivity index (χ1) is 8.93. The van der Waals surface area contributed by atoms with Crippen molar-refractivity contribution in [1.29, 1.82) is 0 Å². The number of benzene rings is 1. The molecular weight excluding hydrogens is 244 g/mol. The van der Waals surface area contributed by atoms with Crippen LogP contribution in [0.25, 0.3) is 0 Å². The molecule has 19 heavy (non-hydrogen) atoms. The van der Waals surface area contributed by atoms with E-state index in [-0.39, 0.29) is 5.91 Å². The van der Waals surface area contributed by atoms with Crippen LogP contribution in [-0.4, -0.2) is 35.0 Å². The molecule has 0 aliphatic carbocycles. The van der Waals surface area contributed by atoms with Gasteiger partial charge in [-0.2, -0.15) is 0 Å². The van der Waals surface area contributed by atoms with Gasteiger partial charge in [-0.1, -0.05) is 19.1 Å². The molecule has 0 aliphatic heterocycles. The molecule has 0 fully saturated rings. The van der Waals surface area contributed by atoms with Crippen LogP contribution in [0.1, 0.15) is 25.8 Å². The highest BCUT2D eigenvalue weighted by Gasteiger charge is 2.20. The summed E-state index contributed by atoms with van der Waals surface area (Å²) in [5.41, 5.74) is 1.75. The summed E-state index contributed by atoms with van der Waals surface area (Å²) < 4.78 is 0. The van der Waals surface area contributed by atoms with Crippen molar-refractivity contribution in [3.63, 3.8) is 0 Å². The lowest BCUT2D eigenvalue weighted by Crippen LogP contribution is -2.37. The number of carboxylic acid groups (broad SMARTS) is 1. The molecule has 5 heteroatoms. The van der Waals surface area contributed by atoms with Crippen LogP contribution in [0.2, 0.25) is 0 Å². The van der Waals surface area contributed by atoms with Crippen molar-refractivity contribution in [3.8, 4) is 0 Å². The molecule has 104 valence electrons. The molecule has 1 atom stereocenters. The van der Waals surface area contributed by atoms with E-state index in [9.17, 15) is 9.59 Å². The number of rotatable bonds is 6. The van der Waals surface area contributed by atoms with Gasteiger partial charge in [-0.3, -0.25) is 14.5 Å². The van der Waals surface area contributed by atoms with Crippen molar-refractivity contribution < 1.29 is 14.7 Å². The molecule has 0 radical (unpaired) electrons. The van der Waals surface area contributed by atoms with Crippen molar-refractivity contribution in [2.45, 2.75) is 32.9 Å².